The zero-order chi connectivity index (χ0) is 17.9. The molecule has 2 aromatic heterocycles. The van der Waals surface area contributed by atoms with Crippen LogP contribution >= 0.6 is 34.5 Å². The fraction of sp³-hybridized carbons (Fsp3) is 0.105. The van der Waals surface area contributed by atoms with Crippen LogP contribution in [0.15, 0.2) is 54.9 Å². The zero-order valence-electron chi connectivity index (χ0n) is 13.6. The molecule has 0 saturated carbocycles. The minimum Gasteiger partial charge on any atom is -0.354 e. The van der Waals surface area contributed by atoms with Gasteiger partial charge in [-0.15, -0.1) is 11.3 Å². The van der Waals surface area contributed by atoms with Crippen molar-refractivity contribution in [2.24, 2.45) is 0 Å². The Labute approximate surface area is 164 Å². The van der Waals surface area contributed by atoms with Gasteiger partial charge in [0.1, 0.15) is 5.01 Å². The van der Waals surface area contributed by atoms with Crippen LogP contribution < -0.4 is 5.32 Å². The van der Waals surface area contributed by atoms with Crippen LogP contribution in [0.25, 0.3) is 20.8 Å². The van der Waals surface area contributed by atoms with E-state index in [1.165, 1.54) is 0 Å². The predicted octanol–water partition coefficient (Wildman–Crippen LogP) is 5.71. The topological polar surface area (TPSA) is 50.7 Å². The van der Waals surface area contributed by atoms with Crippen molar-refractivity contribution in [3.05, 3.63) is 70.5 Å². The monoisotopic (exact) mass is 400 g/mol. The molecular weight excluding hydrogens is 387 g/mol. The van der Waals surface area contributed by atoms with Crippen LogP contribution in [0.2, 0.25) is 10.0 Å². The number of para-hydroxylation sites is 1. The summed E-state index contributed by atoms with van der Waals surface area (Å²) in [4.78, 5) is 13.4. The molecule has 7 heteroatoms. The lowest BCUT2D eigenvalue weighted by Crippen LogP contribution is -2.07. The quantitative estimate of drug-likeness (QED) is 0.465. The molecular formula is C19H14Cl2N4S. The molecule has 26 heavy (non-hydrogen) atoms. The highest BCUT2D eigenvalue weighted by molar-refractivity contribution is 7.21. The SMILES string of the molecule is Clc1ccc(CCNc2ncc(-c3nc4ccccc4s3)cn2)cc1Cl. The van der Waals surface area contributed by atoms with E-state index in [0.717, 1.165) is 32.8 Å². The summed E-state index contributed by atoms with van der Waals surface area (Å²) in [5.74, 6) is 0.593. The van der Waals surface area contributed by atoms with Crippen LogP contribution in [0.4, 0.5) is 5.95 Å². The highest BCUT2D eigenvalue weighted by Crippen LogP contribution is 2.29. The average Bonchev–Trinajstić information content (AvgIpc) is 3.09. The first-order chi connectivity index (χ1) is 12.7. The summed E-state index contributed by atoms with van der Waals surface area (Å²) < 4.78 is 1.16. The van der Waals surface area contributed by atoms with E-state index in [2.05, 4.69) is 26.3 Å². The van der Waals surface area contributed by atoms with Crippen LogP contribution in [0.1, 0.15) is 5.56 Å². The van der Waals surface area contributed by atoms with Gasteiger partial charge in [-0.05, 0) is 36.2 Å². The van der Waals surface area contributed by atoms with Crippen LogP contribution in [0.3, 0.4) is 0 Å². The molecule has 0 aliphatic rings. The van der Waals surface area contributed by atoms with Gasteiger partial charge in [-0.25, -0.2) is 15.0 Å². The molecule has 0 atom stereocenters. The van der Waals surface area contributed by atoms with E-state index in [-0.39, 0.29) is 0 Å². The number of thiazole rings is 1. The maximum absolute atomic E-state index is 6.03. The van der Waals surface area contributed by atoms with Gasteiger partial charge < -0.3 is 5.32 Å². The zero-order valence-corrected chi connectivity index (χ0v) is 15.9. The maximum atomic E-state index is 6.03. The van der Waals surface area contributed by atoms with Crippen molar-refractivity contribution >= 4 is 50.7 Å². The Morgan fingerprint density at radius 1 is 0.962 bits per heavy atom. The molecule has 0 fully saturated rings. The van der Waals surface area contributed by atoms with Crippen molar-refractivity contribution in [3.8, 4) is 10.6 Å². The Morgan fingerprint density at radius 3 is 2.54 bits per heavy atom. The van der Waals surface area contributed by atoms with Crippen molar-refractivity contribution in [2.75, 3.05) is 11.9 Å². The Bertz CT molecular complexity index is 1010. The lowest BCUT2D eigenvalue weighted by molar-refractivity contribution is 0.984. The summed E-state index contributed by atoms with van der Waals surface area (Å²) in [6.45, 7) is 0.707. The highest BCUT2D eigenvalue weighted by Gasteiger charge is 2.07. The fourth-order valence-corrected chi connectivity index (χ4v) is 3.80. The molecule has 4 nitrogen and oxygen atoms in total. The molecule has 1 N–H and O–H groups in total. The number of fused-ring (bicyclic) bond motifs is 1. The van der Waals surface area contributed by atoms with Gasteiger partial charge >= 0.3 is 0 Å². The summed E-state index contributed by atoms with van der Waals surface area (Å²) in [6.07, 6.45) is 4.40. The molecule has 0 aliphatic heterocycles. The molecule has 0 unspecified atom stereocenters. The third kappa shape index (κ3) is 3.80. The first-order valence-electron chi connectivity index (χ1n) is 8.05. The molecule has 4 aromatic rings. The largest absolute Gasteiger partial charge is 0.354 e. The van der Waals surface area contributed by atoms with Gasteiger partial charge in [0.2, 0.25) is 5.95 Å². The number of nitrogens with one attached hydrogen (secondary N) is 1. The molecule has 0 amide bonds. The molecule has 130 valence electrons. The minimum absolute atomic E-state index is 0.567. The number of hydrogen-bond donors (Lipinski definition) is 1. The smallest absolute Gasteiger partial charge is 0.222 e. The summed E-state index contributed by atoms with van der Waals surface area (Å²) in [5.41, 5.74) is 3.02. The number of rotatable bonds is 5. The van der Waals surface area contributed by atoms with Gasteiger partial charge in [0.25, 0.3) is 0 Å². The van der Waals surface area contributed by atoms with Crippen molar-refractivity contribution in [1.29, 1.82) is 0 Å². The van der Waals surface area contributed by atoms with E-state index in [4.69, 9.17) is 23.2 Å². The molecule has 0 aliphatic carbocycles. The summed E-state index contributed by atoms with van der Waals surface area (Å²) in [5, 5.41) is 5.28. The molecule has 0 spiro atoms. The Balaban J connectivity index is 1.40. The van der Waals surface area contributed by atoms with Crippen molar-refractivity contribution in [1.82, 2.24) is 15.0 Å². The number of halogens is 2. The minimum atomic E-state index is 0.567. The Kier molecular flexibility index (Phi) is 5.02. The first-order valence-corrected chi connectivity index (χ1v) is 9.62. The van der Waals surface area contributed by atoms with Crippen molar-refractivity contribution in [2.45, 2.75) is 6.42 Å². The number of anilines is 1. The Morgan fingerprint density at radius 2 is 1.77 bits per heavy atom. The number of aromatic nitrogens is 3. The van der Waals surface area contributed by atoms with Crippen LogP contribution in [0.5, 0.6) is 0 Å². The predicted molar refractivity (Wildman–Crippen MR) is 109 cm³/mol. The normalized spacial score (nSPS) is 11.0. The summed E-state index contributed by atoms with van der Waals surface area (Å²) in [7, 11) is 0. The third-order valence-electron chi connectivity index (χ3n) is 3.87. The average molecular weight is 401 g/mol. The second-order valence-electron chi connectivity index (χ2n) is 5.71. The van der Waals surface area contributed by atoms with Crippen molar-refractivity contribution in [3.63, 3.8) is 0 Å². The lowest BCUT2D eigenvalue weighted by atomic mass is 10.1. The highest BCUT2D eigenvalue weighted by atomic mass is 35.5. The number of nitrogens with zero attached hydrogens (tertiary/aromatic N) is 3. The maximum Gasteiger partial charge on any atom is 0.222 e. The van der Waals surface area contributed by atoms with Gasteiger partial charge in [-0.3, -0.25) is 0 Å². The van der Waals surface area contributed by atoms with E-state index in [1.54, 1.807) is 23.7 Å². The molecule has 0 radical (unpaired) electrons. The van der Waals surface area contributed by atoms with Gasteiger partial charge in [0.15, 0.2) is 0 Å². The number of hydrogen-bond acceptors (Lipinski definition) is 5. The number of benzene rings is 2. The van der Waals surface area contributed by atoms with Crippen LogP contribution in [-0.4, -0.2) is 21.5 Å². The van der Waals surface area contributed by atoms with Crippen LogP contribution in [0, 0.1) is 0 Å². The van der Waals surface area contributed by atoms with E-state index in [0.29, 0.717) is 22.5 Å². The molecule has 4 rings (SSSR count). The first kappa shape index (κ1) is 17.2. The van der Waals surface area contributed by atoms with E-state index < -0.39 is 0 Å². The lowest BCUT2D eigenvalue weighted by Gasteiger charge is -2.06. The second kappa shape index (κ2) is 7.58. The summed E-state index contributed by atoms with van der Waals surface area (Å²) >= 11 is 13.6. The molecule has 2 aromatic carbocycles. The third-order valence-corrected chi connectivity index (χ3v) is 5.70. The van der Waals surface area contributed by atoms with Crippen molar-refractivity contribution < 1.29 is 0 Å². The summed E-state index contributed by atoms with van der Waals surface area (Å²) in [6, 6.07) is 13.7. The van der Waals surface area contributed by atoms with Gasteiger partial charge in [0, 0.05) is 24.5 Å². The molecule has 0 bridgehead atoms. The fourth-order valence-electron chi connectivity index (χ4n) is 2.54. The van der Waals surface area contributed by atoms with E-state index in [9.17, 15) is 0 Å². The Hall–Kier alpha value is -2.21. The van der Waals surface area contributed by atoms with Gasteiger partial charge in [-0.1, -0.05) is 41.4 Å². The molecule has 0 saturated heterocycles. The second-order valence-corrected chi connectivity index (χ2v) is 7.55. The van der Waals surface area contributed by atoms with E-state index in [1.807, 2.05) is 36.4 Å². The standard InChI is InChI=1S/C19H14Cl2N4S/c20-14-6-5-12(9-15(14)21)7-8-22-19-23-10-13(11-24-19)18-25-16-3-1-2-4-17(16)26-18/h1-6,9-11H,7-8H2,(H,22,23,24). The molecule has 2 heterocycles. The van der Waals surface area contributed by atoms with Crippen LogP contribution in [-0.2, 0) is 6.42 Å². The van der Waals surface area contributed by atoms with E-state index >= 15 is 0 Å². The van der Waals surface area contributed by atoms with Gasteiger partial charge in [-0.2, -0.15) is 0 Å². The van der Waals surface area contributed by atoms with Gasteiger partial charge in [0.05, 0.1) is 20.3 Å².